The Morgan fingerprint density at radius 2 is 2.15 bits per heavy atom. The van der Waals surface area contributed by atoms with Gasteiger partial charge in [0, 0.05) is 23.5 Å². The number of carbonyl (C=O) groups excluding carboxylic acids is 2. The molecule has 7 nitrogen and oxygen atoms in total. The summed E-state index contributed by atoms with van der Waals surface area (Å²) in [6.07, 6.45) is 0.364. The molecule has 7 atom stereocenters. The molecule has 2 saturated carbocycles. The van der Waals surface area contributed by atoms with E-state index in [4.69, 9.17) is 19.3 Å². The first-order valence-electron chi connectivity index (χ1n) is 9.18. The fourth-order valence-electron chi connectivity index (χ4n) is 4.99. The summed E-state index contributed by atoms with van der Waals surface area (Å²) in [5.41, 5.74) is 0.698. The maximum absolute atomic E-state index is 12.4. The lowest BCUT2D eigenvalue weighted by Gasteiger charge is -2.30. The van der Waals surface area contributed by atoms with Crippen LogP contribution in [0.25, 0.3) is 0 Å². The van der Waals surface area contributed by atoms with E-state index < -0.39 is 41.8 Å². The summed E-state index contributed by atoms with van der Waals surface area (Å²) in [5, 5.41) is 19.5. The molecule has 0 aromatic carbocycles. The van der Waals surface area contributed by atoms with Crippen LogP contribution in [0.4, 0.5) is 0 Å². The van der Waals surface area contributed by atoms with Gasteiger partial charge in [0.2, 0.25) is 0 Å². The van der Waals surface area contributed by atoms with Crippen molar-refractivity contribution in [1.29, 1.82) is 0 Å². The number of hydrogen-bond acceptors (Lipinski definition) is 7. The highest BCUT2D eigenvalue weighted by Crippen LogP contribution is 2.60. The molecule has 146 valence electrons. The third-order valence-corrected chi connectivity index (χ3v) is 6.50. The SMILES string of the molecule is C=C1CC(OC(=O)C(C)=CCO)C2C(=C)C(=O)OC2C2C1CC(O)C21CO1. The number of rotatable bonds is 3. The Balaban J connectivity index is 1.68. The summed E-state index contributed by atoms with van der Waals surface area (Å²) in [7, 11) is 0. The smallest absolute Gasteiger partial charge is 0.334 e. The highest BCUT2D eigenvalue weighted by atomic mass is 16.6. The Morgan fingerprint density at radius 3 is 2.78 bits per heavy atom. The number of hydrogen-bond donors (Lipinski definition) is 2. The summed E-state index contributed by atoms with van der Waals surface area (Å²) < 4.78 is 17.0. The van der Waals surface area contributed by atoms with Gasteiger partial charge in [0.1, 0.15) is 17.8 Å². The first-order valence-corrected chi connectivity index (χ1v) is 9.18. The number of ether oxygens (including phenoxy) is 3. The molecule has 27 heavy (non-hydrogen) atoms. The number of fused-ring (bicyclic) bond motifs is 4. The van der Waals surface area contributed by atoms with E-state index in [1.807, 2.05) is 0 Å². The fraction of sp³-hybridized carbons (Fsp3) is 0.600. The lowest BCUT2D eigenvalue weighted by Crippen LogP contribution is -2.43. The van der Waals surface area contributed by atoms with Gasteiger partial charge in [0.25, 0.3) is 0 Å². The van der Waals surface area contributed by atoms with Crippen LogP contribution in [0.1, 0.15) is 19.8 Å². The highest BCUT2D eigenvalue weighted by Gasteiger charge is 2.70. The number of epoxide rings is 1. The predicted molar refractivity (Wildman–Crippen MR) is 93.3 cm³/mol. The molecule has 2 aliphatic heterocycles. The summed E-state index contributed by atoms with van der Waals surface area (Å²) in [4.78, 5) is 24.7. The van der Waals surface area contributed by atoms with Gasteiger partial charge in [-0.15, -0.1) is 0 Å². The van der Waals surface area contributed by atoms with Gasteiger partial charge in [-0.3, -0.25) is 0 Å². The van der Waals surface area contributed by atoms with Crippen LogP contribution in [-0.2, 0) is 23.8 Å². The Hall–Kier alpha value is -1.96. The summed E-state index contributed by atoms with van der Waals surface area (Å²) in [5.74, 6) is -1.88. The van der Waals surface area contributed by atoms with E-state index in [-0.39, 0.29) is 29.6 Å². The van der Waals surface area contributed by atoms with Gasteiger partial charge < -0.3 is 24.4 Å². The van der Waals surface area contributed by atoms with E-state index in [1.54, 1.807) is 6.92 Å². The topological polar surface area (TPSA) is 106 Å². The van der Waals surface area contributed by atoms with Crippen molar-refractivity contribution in [3.63, 3.8) is 0 Å². The average molecular weight is 376 g/mol. The van der Waals surface area contributed by atoms with Gasteiger partial charge in [-0.2, -0.15) is 0 Å². The molecule has 4 aliphatic rings. The van der Waals surface area contributed by atoms with Crippen LogP contribution in [0.3, 0.4) is 0 Å². The van der Waals surface area contributed by atoms with Crippen molar-refractivity contribution in [3.8, 4) is 0 Å². The Bertz CT molecular complexity index is 747. The molecule has 2 aliphatic carbocycles. The molecule has 2 heterocycles. The second kappa shape index (κ2) is 6.29. The van der Waals surface area contributed by atoms with Crippen LogP contribution in [0.5, 0.6) is 0 Å². The molecule has 1 spiro atoms. The van der Waals surface area contributed by atoms with Gasteiger partial charge in [-0.05, 0) is 25.3 Å². The normalized spacial score (nSPS) is 43.2. The third-order valence-electron chi connectivity index (χ3n) is 6.50. The van der Waals surface area contributed by atoms with Gasteiger partial charge in [-0.1, -0.05) is 18.7 Å². The van der Waals surface area contributed by atoms with E-state index in [0.717, 1.165) is 5.57 Å². The zero-order valence-electron chi connectivity index (χ0n) is 15.2. The Kier molecular flexibility index (Phi) is 4.29. The second-order valence-corrected chi connectivity index (χ2v) is 7.92. The second-order valence-electron chi connectivity index (χ2n) is 7.92. The highest BCUT2D eigenvalue weighted by molar-refractivity contribution is 5.92. The maximum atomic E-state index is 12.4. The Morgan fingerprint density at radius 1 is 1.44 bits per heavy atom. The minimum atomic E-state index is -0.715. The number of aliphatic hydroxyl groups excluding tert-OH is 2. The maximum Gasteiger partial charge on any atom is 0.334 e. The summed E-state index contributed by atoms with van der Waals surface area (Å²) >= 11 is 0. The quantitative estimate of drug-likeness (QED) is 0.323. The van der Waals surface area contributed by atoms with E-state index >= 15 is 0 Å². The lowest BCUT2D eigenvalue weighted by atomic mass is 9.78. The van der Waals surface area contributed by atoms with E-state index in [0.29, 0.717) is 19.4 Å². The van der Waals surface area contributed by atoms with Crippen molar-refractivity contribution in [1.82, 2.24) is 0 Å². The predicted octanol–water partition coefficient (Wildman–Crippen LogP) is 0.660. The fourth-order valence-corrected chi connectivity index (χ4v) is 4.99. The van der Waals surface area contributed by atoms with Gasteiger partial charge in [-0.25, -0.2) is 9.59 Å². The first kappa shape index (κ1) is 18.4. The molecule has 2 N–H and O–H groups in total. The minimum absolute atomic E-state index is 0.0773. The van der Waals surface area contributed by atoms with Gasteiger partial charge in [0.15, 0.2) is 0 Å². The van der Waals surface area contributed by atoms with Crippen LogP contribution in [0, 0.1) is 17.8 Å². The standard InChI is InChI=1S/C20H24O7/c1-9(4-5-21)18(23)26-13-6-10(2)12-7-14(22)20(8-25-20)16(12)17-15(13)11(3)19(24)27-17/h4,12-17,21-22H,2-3,5-8H2,1H3. The first-order chi connectivity index (χ1) is 12.8. The van der Waals surface area contributed by atoms with Crippen LogP contribution in [0.15, 0.2) is 36.0 Å². The Labute approximate surface area is 157 Å². The van der Waals surface area contributed by atoms with E-state index in [9.17, 15) is 14.7 Å². The van der Waals surface area contributed by atoms with Crippen LogP contribution < -0.4 is 0 Å². The van der Waals surface area contributed by atoms with Crippen molar-refractivity contribution >= 4 is 11.9 Å². The number of aliphatic hydroxyl groups is 2. The monoisotopic (exact) mass is 376 g/mol. The minimum Gasteiger partial charge on any atom is -0.458 e. The van der Waals surface area contributed by atoms with Crippen molar-refractivity contribution in [3.05, 3.63) is 36.0 Å². The molecule has 0 radical (unpaired) electrons. The molecule has 0 aromatic rings. The molecule has 0 bridgehead atoms. The van der Waals surface area contributed by atoms with Crippen molar-refractivity contribution in [2.75, 3.05) is 13.2 Å². The van der Waals surface area contributed by atoms with Crippen LogP contribution >= 0.6 is 0 Å². The van der Waals surface area contributed by atoms with Crippen molar-refractivity contribution in [2.24, 2.45) is 17.8 Å². The molecule has 2 saturated heterocycles. The van der Waals surface area contributed by atoms with Crippen LogP contribution in [-0.4, -0.2) is 59.3 Å². The summed E-state index contributed by atoms with van der Waals surface area (Å²) in [6.45, 7) is 9.76. The third kappa shape index (κ3) is 2.68. The molecular formula is C20H24O7. The molecule has 7 unspecified atom stereocenters. The molecule has 0 aromatic heterocycles. The molecule has 4 fully saturated rings. The zero-order chi connectivity index (χ0) is 19.5. The van der Waals surface area contributed by atoms with Crippen molar-refractivity contribution < 1.29 is 34.0 Å². The molecule has 4 rings (SSSR count). The summed E-state index contributed by atoms with van der Waals surface area (Å²) in [6, 6.07) is 0. The zero-order valence-corrected chi connectivity index (χ0v) is 15.2. The van der Waals surface area contributed by atoms with Crippen molar-refractivity contribution in [2.45, 2.75) is 43.7 Å². The van der Waals surface area contributed by atoms with Crippen LogP contribution in [0.2, 0.25) is 0 Å². The molecular weight excluding hydrogens is 352 g/mol. The van der Waals surface area contributed by atoms with E-state index in [2.05, 4.69) is 13.2 Å². The van der Waals surface area contributed by atoms with Gasteiger partial charge >= 0.3 is 11.9 Å². The average Bonchev–Trinajstić information content (AvgIpc) is 3.30. The molecule has 7 heteroatoms. The van der Waals surface area contributed by atoms with Gasteiger partial charge in [0.05, 0.1) is 25.2 Å². The lowest BCUT2D eigenvalue weighted by molar-refractivity contribution is -0.149. The largest absolute Gasteiger partial charge is 0.458 e. The number of esters is 2. The molecule has 0 amide bonds. The van der Waals surface area contributed by atoms with E-state index in [1.165, 1.54) is 6.08 Å². The number of carbonyl (C=O) groups is 2.